The average molecular weight is 484 g/mol. The summed E-state index contributed by atoms with van der Waals surface area (Å²) in [6.45, 7) is 4.83. The fraction of sp³-hybridized carbons (Fsp3) is 0.300. The molecule has 36 heavy (non-hydrogen) atoms. The number of nitrogens with zero attached hydrogens (tertiary/aromatic N) is 3. The predicted molar refractivity (Wildman–Crippen MR) is 145 cm³/mol. The lowest BCUT2D eigenvalue weighted by atomic mass is 9.99. The molecule has 0 aliphatic carbocycles. The molecule has 0 aliphatic heterocycles. The van der Waals surface area contributed by atoms with Crippen LogP contribution in [0.15, 0.2) is 66.7 Å². The molecule has 0 atom stereocenters. The summed E-state index contributed by atoms with van der Waals surface area (Å²) in [5, 5.41) is 9.55. The van der Waals surface area contributed by atoms with Gasteiger partial charge in [-0.2, -0.15) is 0 Å². The molecule has 4 aromatic rings. The number of carbonyl (C=O) groups is 2. The normalized spacial score (nSPS) is 11.1. The predicted octanol–water partition coefficient (Wildman–Crippen LogP) is 6.56. The first-order chi connectivity index (χ1) is 17.4. The van der Waals surface area contributed by atoms with Crippen molar-refractivity contribution >= 4 is 28.6 Å². The van der Waals surface area contributed by atoms with Crippen LogP contribution in [0.3, 0.4) is 0 Å². The van der Waals surface area contributed by atoms with Gasteiger partial charge in [-0.3, -0.25) is 4.79 Å². The number of aromatic carboxylic acids is 1. The number of hydrogen-bond acceptors (Lipinski definition) is 3. The van der Waals surface area contributed by atoms with Crippen molar-refractivity contribution < 1.29 is 14.7 Å². The smallest absolute Gasteiger partial charge is 0.336 e. The Balaban J connectivity index is 1.69. The Morgan fingerprint density at radius 1 is 0.972 bits per heavy atom. The average Bonchev–Trinajstić information content (AvgIpc) is 3.23. The first-order valence-corrected chi connectivity index (χ1v) is 12.6. The van der Waals surface area contributed by atoms with Gasteiger partial charge in [0.05, 0.1) is 16.6 Å². The van der Waals surface area contributed by atoms with Crippen LogP contribution in [0.25, 0.3) is 22.2 Å². The maximum atomic E-state index is 12.5. The fourth-order valence-electron chi connectivity index (χ4n) is 4.49. The number of rotatable bonds is 10. The van der Waals surface area contributed by atoms with Gasteiger partial charge in [-0.1, -0.05) is 62.7 Å². The number of anilines is 1. The van der Waals surface area contributed by atoms with E-state index in [2.05, 4.69) is 17.6 Å². The number of imidazole rings is 1. The van der Waals surface area contributed by atoms with E-state index in [1.165, 1.54) is 0 Å². The fourth-order valence-corrected chi connectivity index (χ4v) is 4.49. The minimum atomic E-state index is -0.932. The lowest BCUT2D eigenvalue weighted by Gasteiger charge is -2.17. The summed E-state index contributed by atoms with van der Waals surface area (Å²) in [4.78, 5) is 30.8. The second-order valence-corrected chi connectivity index (χ2v) is 9.14. The number of hydrogen-bond donors (Lipinski definition) is 1. The Hall–Kier alpha value is -3.93. The number of benzene rings is 3. The first kappa shape index (κ1) is 25.2. The lowest BCUT2D eigenvalue weighted by molar-refractivity contribution is -0.118. The second-order valence-electron chi connectivity index (χ2n) is 9.14. The van der Waals surface area contributed by atoms with Gasteiger partial charge < -0.3 is 14.6 Å². The molecule has 4 rings (SSSR count). The Morgan fingerprint density at radius 3 is 2.42 bits per heavy atom. The molecule has 0 fully saturated rings. The summed E-state index contributed by atoms with van der Waals surface area (Å²) in [7, 11) is 1.82. The third kappa shape index (κ3) is 5.33. The number of carboxylic acids is 1. The van der Waals surface area contributed by atoms with Gasteiger partial charge in [0.15, 0.2) is 0 Å². The van der Waals surface area contributed by atoms with Crippen LogP contribution in [0.2, 0.25) is 0 Å². The Labute approximate surface area is 212 Å². The van der Waals surface area contributed by atoms with E-state index in [0.717, 1.165) is 59.4 Å². The van der Waals surface area contributed by atoms with Gasteiger partial charge in [-0.25, -0.2) is 9.78 Å². The number of carboxylic acid groups (broad SMARTS) is 1. The number of aryl methyl sites for hydroxylation is 1. The Morgan fingerprint density at radius 2 is 1.72 bits per heavy atom. The van der Waals surface area contributed by atoms with Crippen LogP contribution >= 0.6 is 0 Å². The van der Waals surface area contributed by atoms with Crippen LogP contribution in [0.5, 0.6) is 0 Å². The lowest BCUT2D eigenvalue weighted by Crippen LogP contribution is -2.25. The first-order valence-electron chi connectivity index (χ1n) is 12.6. The number of fused-ring (bicyclic) bond motifs is 1. The van der Waals surface area contributed by atoms with Crippen molar-refractivity contribution in [3.8, 4) is 11.1 Å². The van der Waals surface area contributed by atoms with E-state index in [4.69, 9.17) is 4.98 Å². The molecule has 0 unspecified atom stereocenters. The maximum Gasteiger partial charge on any atom is 0.336 e. The largest absolute Gasteiger partial charge is 0.478 e. The Bertz CT molecular complexity index is 1370. The van der Waals surface area contributed by atoms with Crippen molar-refractivity contribution in [2.45, 2.75) is 52.5 Å². The number of unbranched alkanes of at least 4 members (excludes halogenated alkanes) is 1. The number of carbonyl (C=O) groups excluding carboxylic acids is 1. The van der Waals surface area contributed by atoms with E-state index in [-0.39, 0.29) is 5.91 Å². The van der Waals surface area contributed by atoms with Crippen LogP contribution in [0, 0.1) is 0 Å². The van der Waals surface area contributed by atoms with Crippen LogP contribution < -0.4 is 4.90 Å². The molecule has 0 spiro atoms. The van der Waals surface area contributed by atoms with Crippen molar-refractivity contribution in [1.82, 2.24) is 9.55 Å². The molecule has 3 aromatic carbocycles. The van der Waals surface area contributed by atoms with Crippen molar-refractivity contribution in [1.29, 1.82) is 0 Å². The quantitative estimate of drug-likeness (QED) is 0.277. The van der Waals surface area contributed by atoms with Gasteiger partial charge in [0.2, 0.25) is 5.91 Å². The van der Waals surface area contributed by atoms with Crippen LogP contribution in [-0.2, 0) is 17.8 Å². The molecule has 1 aromatic heterocycles. The molecule has 1 heterocycles. The van der Waals surface area contributed by atoms with E-state index >= 15 is 0 Å². The molecule has 0 radical (unpaired) electrons. The number of amides is 1. The standard InChI is InChI=1S/C30H33N3O3/c1-4-6-12-28-31-26-18-17-23(32(3)29(34)9-5-2)19-27(26)33(28)20-21-13-15-22(16-14-21)24-10-7-8-11-25(24)30(35)36/h7-8,10-11,13-19H,4-6,9,12,20H2,1-3H3,(H,35,36). The third-order valence-electron chi connectivity index (χ3n) is 6.55. The molecule has 186 valence electrons. The summed E-state index contributed by atoms with van der Waals surface area (Å²) >= 11 is 0. The highest BCUT2D eigenvalue weighted by molar-refractivity contribution is 5.96. The van der Waals surface area contributed by atoms with E-state index < -0.39 is 5.97 Å². The summed E-state index contributed by atoms with van der Waals surface area (Å²) in [6.07, 6.45) is 4.36. The molecule has 0 saturated carbocycles. The van der Waals surface area contributed by atoms with Crippen LogP contribution in [-0.4, -0.2) is 33.6 Å². The summed E-state index contributed by atoms with van der Waals surface area (Å²) in [5.41, 5.74) is 5.77. The van der Waals surface area contributed by atoms with E-state index in [1.54, 1.807) is 17.0 Å². The highest BCUT2D eigenvalue weighted by Gasteiger charge is 2.16. The van der Waals surface area contributed by atoms with Gasteiger partial charge in [0.1, 0.15) is 5.82 Å². The molecule has 6 heteroatoms. The van der Waals surface area contributed by atoms with Gasteiger partial charge in [0.25, 0.3) is 0 Å². The topological polar surface area (TPSA) is 75.4 Å². The summed E-state index contributed by atoms with van der Waals surface area (Å²) in [6, 6.07) is 21.1. The van der Waals surface area contributed by atoms with Crippen LogP contribution in [0.1, 0.15) is 61.3 Å². The zero-order valence-electron chi connectivity index (χ0n) is 21.2. The van der Waals surface area contributed by atoms with E-state index in [0.29, 0.717) is 24.1 Å². The summed E-state index contributed by atoms with van der Waals surface area (Å²) < 4.78 is 2.24. The zero-order chi connectivity index (χ0) is 25.7. The molecule has 0 bridgehead atoms. The highest BCUT2D eigenvalue weighted by atomic mass is 16.4. The molecular formula is C30H33N3O3. The van der Waals surface area contributed by atoms with Crippen molar-refractivity contribution in [3.63, 3.8) is 0 Å². The SMILES string of the molecule is CCCCc1nc2ccc(N(C)C(=O)CCC)cc2n1Cc1ccc(-c2ccccc2C(=O)O)cc1. The molecule has 1 N–H and O–H groups in total. The molecule has 6 nitrogen and oxygen atoms in total. The van der Waals surface area contributed by atoms with Gasteiger partial charge in [-0.05, 0) is 53.8 Å². The molecular weight excluding hydrogens is 450 g/mol. The van der Waals surface area contributed by atoms with E-state index in [1.807, 2.05) is 62.5 Å². The summed E-state index contributed by atoms with van der Waals surface area (Å²) in [5.74, 6) is 0.205. The molecule has 0 aliphatic rings. The monoisotopic (exact) mass is 483 g/mol. The minimum Gasteiger partial charge on any atom is -0.478 e. The van der Waals surface area contributed by atoms with Crippen molar-refractivity contribution in [2.75, 3.05) is 11.9 Å². The zero-order valence-corrected chi connectivity index (χ0v) is 21.2. The maximum absolute atomic E-state index is 12.5. The molecule has 1 amide bonds. The van der Waals surface area contributed by atoms with Crippen molar-refractivity contribution in [2.24, 2.45) is 0 Å². The minimum absolute atomic E-state index is 0.103. The van der Waals surface area contributed by atoms with Gasteiger partial charge >= 0.3 is 5.97 Å². The second kappa shape index (κ2) is 11.2. The number of aromatic nitrogens is 2. The Kier molecular flexibility index (Phi) is 7.84. The van der Waals surface area contributed by atoms with Gasteiger partial charge in [-0.15, -0.1) is 0 Å². The highest BCUT2D eigenvalue weighted by Crippen LogP contribution is 2.27. The van der Waals surface area contributed by atoms with Crippen molar-refractivity contribution in [3.05, 3.63) is 83.7 Å². The van der Waals surface area contributed by atoms with Gasteiger partial charge in [0, 0.05) is 32.1 Å². The molecule has 0 saturated heterocycles. The van der Waals surface area contributed by atoms with E-state index in [9.17, 15) is 14.7 Å². The third-order valence-corrected chi connectivity index (χ3v) is 6.55. The van der Waals surface area contributed by atoms with Crippen LogP contribution in [0.4, 0.5) is 5.69 Å².